The van der Waals surface area contributed by atoms with Gasteiger partial charge in [-0.2, -0.15) is 0 Å². The van der Waals surface area contributed by atoms with Crippen molar-refractivity contribution in [3.63, 3.8) is 0 Å². The smallest absolute Gasteiger partial charge is 0.191 e. The lowest BCUT2D eigenvalue weighted by Gasteiger charge is -2.08. The first-order valence-electron chi connectivity index (χ1n) is 8.60. The summed E-state index contributed by atoms with van der Waals surface area (Å²) >= 11 is 1.51. The average Bonchev–Trinajstić information content (AvgIpc) is 3.42. The predicted molar refractivity (Wildman–Crippen MR) is 103 cm³/mol. The first-order valence-corrected chi connectivity index (χ1v) is 9.42. The van der Waals surface area contributed by atoms with Gasteiger partial charge < -0.3 is 9.67 Å². The van der Waals surface area contributed by atoms with E-state index in [1.54, 1.807) is 30.3 Å². The highest BCUT2D eigenvalue weighted by atomic mass is 32.1. The highest BCUT2D eigenvalue weighted by molar-refractivity contribution is 7.13. The van der Waals surface area contributed by atoms with Crippen molar-refractivity contribution < 1.29 is 9.50 Å². The fourth-order valence-corrected chi connectivity index (χ4v) is 4.33. The molecule has 0 spiro atoms. The summed E-state index contributed by atoms with van der Waals surface area (Å²) < 4.78 is 16.6. The molecule has 0 aliphatic heterocycles. The summed E-state index contributed by atoms with van der Waals surface area (Å²) in [6.45, 7) is 4.50. The second kappa shape index (κ2) is 6.92. The van der Waals surface area contributed by atoms with Crippen molar-refractivity contribution in [2.75, 3.05) is 0 Å². The number of aromatic nitrogens is 1. The molecular formula is C21H19FN2OS. The Balaban J connectivity index is 1.94. The normalized spacial score (nSPS) is 14.6. The number of rotatable bonds is 5. The van der Waals surface area contributed by atoms with Crippen LogP contribution in [-0.4, -0.2) is 9.67 Å². The minimum absolute atomic E-state index is 0.208. The van der Waals surface area contributed by atoms with Gasteiger partial charge in [-0.15, -0.1) is 6.58 Å². The van der Waals surface area contributed by atoms with Crippen LogP contribution in [0.4, 0.5) is 10.1 Å². The van der Waals surface area contributed by atoms with E-state index in [0.29, 0.717) is 18.0 Å². The fraction of sp³-hybridized carbons (Fsp3) is 0.190. The summed E-state index contributed by atoms with van der Waals surface area (Å²) in [7, 11) is 0. The van der Waals surface area contributed by atoms with Crippen LogP contribution in [0.5, 0.6) is 5.75 Å². The van der Waals surface area contributed by atoms with Crippen LogP contribution in [0.2, 0.25) is 0 Å². The molecule has 1 aromatic heterocycles. The molecule has 0 amide bonds. The van der Waals surface area contributed by atoms with Gasteiger partial charge in [-0.1, -0.05) is 35.6 Å². The minimum Gasteiger partial charge on any atom is -0.508 e. The Kier molecular flexibility index (Phi) is 4.47. The zero-order valence-electron chi connectivity index (χ0n) is 14.2. The molecule has 1 fully saturated rings. The third-order valence-electron chi connectivity index (χ3n) is 4.42. The van der Waals surface area contributed by atoms with Gasteiger partial charge in [0, 0.05) is 23.7 Å². The molecule has 4 rings (SSSR count). The Morgan fingerprint density at radius 3 is 2.58 bits per heavy atom. The molecule has 1 N–H and O–H groups in total. The number of hydrogen-bond donors (Lipinski definition) is 1. The van der Waals surface area contributed by atoms with E-state index in [9.17, 15) is 9.50 Å². The molecular weight excluding hydrogens is 347 g/mol. The zero-order valence-corrected chi connectivity index (χ0v) is 15.0. The molecule has 0 bridgehead atoms. The van der Waals surface area contributed by atoms with E-state index in [4.69, 9.17) is 4.99 Å². The van der Waals surface area contributed by atoms with E-state index in [2.05, 4.69) is 11.1 Å². The average molecular weight is 366 g/mol. The molecule has 1 aliphatic rings. The molecule has 0 atom stereocenters. The van der Waals surface area contributed by atoms with E-state index < -0.39 is 0 Å². The molecule has 0 unspecified atom stereocenters. The summed E-state index contributed by atoms with van der Waals surface area (Å²) in [5, 5.41) is 9.47. The van der Waals surface area contributed by atoms with Crippen molar-refractivity contribution in [3.05, 3.63) is 77.5 Å². The third-order valence-corrected chi connectivity index (χ3v) is 5.54. The molecule has 2 aromatic carbocycles. The van der Waals surface area contributed by atoms with Gasteiger partial charge in [0.15, 0.2) is 4.80 Å². The maximum Gasteiger partial charge on any atom is 0.191 e. The highest BCUT2D eigenvalue weighted by Crippen LogP contribution is 2.46. The third kappa shape index (κ3) is 3.22. The topological polar surface area (TPSA) is 37.5 Å². The number of nitrogens with zero attached hydrogens (tertiary/aromatic N) is 2. The number of hydrogen-bond acceptors (Lipinski definition) is 3. The quantitative estimate of drug-likeness (QED) is 0.607. The van der Waals surface area contributed by atoms with E-state index in [0.717, 1.165) is 33.9 Å². The lowest BCUT2D eigenvalue weighted by atomic mass is 10.1. The number of phenols is 1. The maximum atomic E-state index is 14.5. The van der Waals surface area contributed by atoms with E-state index in [1.165, 1.54) is 17.4 Å². The Labute approximate surface area is 155 Å². The van der Waals surface area contributed by atoms with Crippen molar-refractivity contribution in [2.45, 2.75) is 25.3 Å². The fourth-order valence-electron chi connectivity index (χ4n) is 3.05. The summed E-state index contributed by atoms with van der Waals surface area (Å²) in [5.41, 5.74) is 2.53. The van der Waals surface area contributed by atoms with Crippen molar-refractivity contribution >= 4 is 17.0 Å². The number of halogens is 1. The molecule has 5 heteroatoms. The molecule has 0 radical (unpaired) electrons. The van der Waals surface area contributed by atoms with Gasteiger partial charge in [-0.3, -0.25) is 0 Å². The number of allylic oxidation sites excluding steroid dienone is 1. The van der Waals surface area contributed by atoms with Gasteiger partial charge in [-0.25, -0.2) is 9.38 Å². The van der Waals surface area contributed by atoms with Crippen LogP contribution in [0.25, 0.3) is 10.4 Å². The highest BCUT2D eigenvalue weighted by Gasteiger charge is 2.31. The van der Waals surface area contributed by atoms with Gasteiger partial charge in [0.05, 0.1) is 10.6 Å². The van der Waals surface area contributed by atoms with Gasteiger partial charge >= 0.3 is 0 Å². The molecule has 132 valence electrons. The Morgan fingerprint density at radius 2 is 1.92 bits per heavy atom. The number of phenolic OH excluding ortho intramolecular Hbond substituents is 1. The summed E-state index contributed by atoms with van der Waals surface area (Å²) in [5.74, 6) is 0.446. The molecule has 1 heterocycles. The molecule has 3 nitrogen and oxygen atoms in total. The van der Waals surface area contributed by atoms with Gasteiger partial charge in [0.1, 0.15) is 11.6 Å². The Hall–Kier alpha value is -2.66. The van der Waals surface area contributed by atoms with Crippen molar-refractivity contribution in [1.29, 1.82) is 0 Å². The van der Waals surface area contributed by atoms with Crippen molar-refractivity contribution in [3.8, 4) is 16.2 Å². The van der Waals surface area contributed by atoms with Crippen LogP contribution in [-0.2, 0) is 6.54 Å². The molecule has 3 aromatic rings. The largest absolute Gasteiger partial charge is 0.508 e. The molecule has 0 saturated heterocycles. The molecule has 1 saturated carbocycles. The van der Waals surface area contributed by atoms with Gasteiger partial charge in [-0.05, 0) is 43.2 Å². The van der Waals surface area contributed by atoms with Crippen molar-refractivity contribution in [1.82, 2.24) is 4.57 Å². The van der Waals surface area contributed by atoms with E-state index >= 15 is 0 Å². The van der Waals surface area contributed by atoms with E-state index in [-0.39, 0.29) is 11.6 Å². The Morgan fingerprint density at radius 1 is 1.19 bits per heavy atom. The summed E-state index contributed by atoms with van der Waals surface area (Å²) in [6, 6.07) is 13.7. The van der Waals surface area contributed by atoms with E-state index in [1.807, 2.05) is 18.2 Å². The molecule has 1 aliphatic carbocycles. The lowest BCUT2D eigenvalue weighted by molar-refractivity contribution is 0.475. The first-order chi connectivity index (χ1) is 12.7. The van der Waals surface area contributed by atoms with Crippen LogP contribution in [0.15, 0.2) is 66.2 Å². The van der Waals surface area contributed by atoms with Crippen LogP contribution in [0.3, 0.4) is 0 Å². The molecule has 26 heavy (non-hydrogen) atoms. The zero-order chi connectivity index (χ0) is 18.1. The van der Waals surface area contributed by atoms with Crippen molar-refractivity contribution in [2.24, 2.45) is 4.99 Å². The monoisotopic (exact) mass is 366 g/mol. The lowest BCUT2D eigenvalue weighted by Crippen LogP contribution is -2.16. The SMILES string of the molecule is C=CCn1c(C2CC2)c(-c2ccccc2F)sc1=Nc1ccc(O)cc1. The van der Waals surface area contributed by atoms with Crippen LogP contribution in [0.1, 0.15) is 24.5 Å². The second-order valence-electron chi connectivity index (χ2n) is 6.38. The summed E-state index contributed by atoms with van der Waals surface area (Å²) in [4.78, 5) is 6.51. The Bertz CT molecular complexity index is 1010. The van der Waals surface area contributed by atoms with Crippen LogP contribution >= 0.6 is 11.3 Å². The van der Waals surface area contributed by atoms with Crippen LogP contribution in [0, 0.1) is 5.82 Å². The number of benzene rings is 2. The predicted octanol–water partition coefficient (Wildman–Crippen LogP) is 5.36. The number of aromatic hydroxyl groups is 1. The second-order valence-corrected chi connectivity index (χ2v) is 7.36. The summed E-state index contributed by atoms with van der Waals surface area (Å²) in [6.07, 6.45) is 4.08. The number of thiazole rings is 1. The standard InChI is InChI=1S/C21H19FN2OS/c1-2-13-24-19(14-7-8-14)20(17-5-3-4-6-18(17)22)26-21(24)23-15-9-11-16(25)12-10-15/h2-6,9-12,14,25H,1,7-8,13H2. The van der Waals surface area contributed by atoms with Gasteiger partial charge in [0.2, 0.25) is 0 Å². The maximum absolute atomic E-state index is 14.5. The van der Waals surface area contributed by atoms with Crippen LogP contribution < -0.4 is 4.80 Å². The van der Waals surface area contributed by atoms with Gasteiger partial charge in [0.25, 0.3) is 0 Å². The first kappa shape index (κ1) is 16.8. The minimum atomic E-state index is -0.211.